The molecule has 0 aromatic heterocycles. The highest BCUT2D eigenvalue weighted by Crippen LogP contribution is 2.37. The molecule has 1 aliphatic heterocycles. The van der Waals surface area contributed by atoms with Gasteiger partial charge < -0.3 is 14.8 Å². The summed E-state index contributed by atoms with van der Waals surface area (Å²) in [4.78, 5) is 11.8. The summed E-state index contributed by atoms with van der Waals surface area (Å²) in [7, 11) is 1.66. The Labute approximate surface area is 123 Å². The second-order valence-corrected chi connectivity index (χ2v) is 4.95. The van der Waals surface area contributed by atoms with Crippen LogP contribution in [0.25, 0.3) is 0 Å². The smallest absolute Gasteiger partial charge is 0.231 e. The Kier molecular flexibility index (Phi) is 3.77. The maximum atomic E-state index is 11.8. The van der Waals surface area contributed by atoms with Gasteiger partial charge in [-0.05, 0) is 23.3 Å². The molecule has 0 aliphatic carbocycles. The third-order valence-corrected chi connectivity index (χ3v) is 3.67. The zero-order chi connectivity index (χ0) is 14.7. The molecule has 3 rings (SSSR count). The standard InChI is InChI=1S/C17H17NO3/c1-18-17(19)10-14(12-5-3-2-4-6-12)13-7-8-15-16(9-13)21-11-20-15/h2-9,14H,10-11H2,1H3,(H,18,19)/t14-/m0/s1. The second-order valence-electron chi connectivity index (χ2n) is 4.95. The molecule has 0 radical (unpaired) electrons. The van der Waals surface area contributed by atoms with E-state index in [-0.39, 0.29) is 18.6 Å². The van der Waals surface area contributed by atoms with E-state index in [4.69, 9.17) is 9.47 Å². The van der Waals surface area contributed by atoms with Crippen molar-refractivity contribution >= 4 is 5.91 Å². The Bertz CT molecular complexity index is 640. The average Bonchev–Trinajstić information content (AvgIpc) is 3.00. The van der Waals surface area contributed by atoms with E-state index in [0.717, 1.165) is 22.6 Å². The van der Waals surface area contributed by atoms with Crippen molar-refractivity contribution in [3.05, 3.63) is 59.7 Å². The minimum absolute atomic E-state index is 0.000602. The van der Waals surface area contributed by atoms with Crippen LogP contribution in [-0.2, 0) is 4.79 Å². The molecule has 0 bridgehead atoms. The third kappa shape index (κ3) is 2.84. The Balaban J connectivity index is 1.96. The molecule has 0 saturated carbocycles. The quantitative estimate of drug-likeness (QED) is 0.938. The van der Waals surface area contributed by atoms with Crippen molar-refractivity contribution in [2.24, 2.45) is 0 Å². The largest absolute Gasteiger partial charge is 0.454 e. The molecule has 1 amide bonds. The average molecular weight is 283 g/mol. The van der Waals surface area contributed by atoms with E-state index >= 15 is 0 Å². The molecule has 1 aliphatic rings. The maximum Gasteiger partial charge on any atom is 0.231 e. The number of hydrogen-bond donors (Lipinski definition) is 1. The third-order valence-electron chi connectivity index (χ3n) is 3.67. The summed E-state index contributed by atoms with van der Waals surface area (Å²) in [5.74, 6) is 1.51. The summed E-state index contributed by atoms with van der Waals surface area (Å²) in [6.45, 7) is 0.254. The van der Waals surface area contributed by atoms with Gasteiger partial charge in [0.05, 0.1) is 0 Å². The molecule has 0 fully saturated rings. The second kappa shape index (κ2) is 5.87. The van der Waals surface area contributed by atoms with Gasteiger partial charge in [-0.15, -0.1) is 0 Å². The van der Waals surface area contributed by atoms with Crippen LogP contribution in [0.2, 0.25) is 0 Å². The van der Waals surface area contributed by atoms with E-state index in [0.29, 0.717) is 6.42 Å². The van der Waals surface area contributed by atoms with Crippen LogP contribution in [0.4, 0.5) is 0 Å². The van der Waals surface area contributed by atoms with Gasteiger partial charge in [-0.2, -0.15) is 0 Å². The Morgan fingerprint density at radius 3 is 2.62 bits per heavy atom. The fraction of sp³-hybridized carbons (Fsp3) is 0.235. The fourth-order valence-corrected chi connectivity index (χ4v) is 2.53. The number of fused-ring (bicyclic) bond motifs is 1. The summed E-state index contributed by atoms with van der Waals surface area (Å²) in [6, 6.07) is 15.9. The summed E-state index contributed by atoms with van der Waals surface area (Å²) >= 11 is 0. The Hall–Kier alpha value is -2.49. The van der Waals surface area contributed by atoms with Crippen molar-refractivity contribution in [3.8, 4) is 11.5 Å². The van der Waals surface area contributed by atoms with Crippen molar-refractivity contribution in [1.29, 1.82) is 0 Å². The molecule has 4 nitrogen and oxygen atoms in total. The molecule has 108 valence electrons. The summed E-state index contributed by atoms with van der Waals surface area (Å²) in [5, 5.41) is 2.69. The van der Waals surface area contributed by atoms with Crippen LogP contribution in [0, 0.1) is 0 Å². The lowest BCUT2D eigenvalue weighted by Crippen LogP contribution is -2.21. The van der Waals surface area contributed by atoms with E-state index in [9.17, 15) is 4.79 Å². The van der Waals surface area contributed by atoms with Crippen molar-refractivity contribution in [3.63, 3.8) is 0 Å². The van der Waals surface area contributed by atoms with E-state index in [1.54, 1.807) is 7.05 Å². The van der Waals surface area contributed by atoms with E-state index < -0.39 is 0 Å². The number of benzene rings is 2. The van der Waals surface area contributed by atoms with Crippen LogP contribution in [0.15, 0.2) is 48.5 Å². The predicted molar refractivity (Wildman–Crippen MR) is 79.5 cm³/mol. The molecule has 1 heterocycles. The highest BCUT2D eigenvalue weighted by atomic mass is 16.7. The van der Waals surface area contributed by atoms with Gasteiger partial charge in [0.25, 0.3) is 0 Å². The van der Waals surface area contributed by atoms with Crippen LogP contribution in [0.5, 0.6) is 11.5 Å². The molecular weight excluding hydrogens is 266 g/mol. The van der Waals surface area contributed by atoms with E-state index in [2.05, 4.69) is 5.32 Å². The molecule has 4 heteroatoms. The molecule has 21 heavy (non-hydrogen) atoms. The summed E-state index contributed by atoms with van der Waals surface area (Å²) < 4.78 is 10.8. The molecule has 0 spiro atoms. The lowest BCUT2D eigenvalue weighted by atomic mass is 9.88. The molecule has 2 aromatic carbocycles. The number of rotatable bonds is 4. The molecule has 1 atom stereocenters. The molecule has 1 N–H and O–H groups in total. The van der Waals surface area contributed by atoms with Gasteiger partial charge in [0.2, 0.25) is 12.7 Å². The van der Waals surface area contributed by atoms with E-state index in [1.807, 2.05) is 48.5 Å². The summed E-state index contributed by atoms with van der Waals surface area (Å²) in [6.07, 6.45) is 0.403. The Morgan fingerprint density at radius 2 is 1.86 bits per heavy atom. The van der Waals surface area contributed by atoms with Gasteiger partial charge in [0.15, 0.2) is 11.5 Å². The maximum absolute atomic E-state index is 11.8. The highest BCUT2D eigenvalue weighted by molar-refractivity contribution is 5.77. The minimum atomic E-state index is 0.000602. The first-order valence-electron chi connectivity index (χ1n) is 6.93. The first kappa shape index (κ1) is 13.5. The van der Waals surface area contributed by atoms with Crippen LogP contribution >= 0.6 is 0 Å². The lowest BCUT2D eigenvalue weighted by molar-refractivity contribution is -0.120. The van der Waals surface area contributed by atoms with Crippen LogP contribution < -0.4 is 14.8 Å². The van der Waals surface area contributed by atoms with Crippen molar-refractivity contribution in [2.45, 2.75) is 12.3 Å². The fourth-order valence-electron chi connectivity index (χ4n) is 2.53. The molecule has 0 saturated heterocycles. The van der Waals surface area contributed by atoms with Crippen LogP contribution in [0.3, 0.4) is 0 Å². The molecule has 2 aromatic rings. The monoisotopic (exact) mass is 283 g/mol. The van der Waals surface area contributed by atoms with Crippen molar-refractivity contribution in [2.75, 3.05) is 13.8 Å². The first-order chi connectivity index (χ1) is 10.3. The SMILES string of the molecule is CNC(=O)C[C@@H](c1ccccc1)c1ccc2c(c1)OCO2. The number of ether oxygens (including phenoxy) is 2. The summed E-state index contributed by atoms with van der Waals surface area (Å²) in [5.41, 5.74) is 2.16. The van der Waals surface area contributed by atoms with Gasteiger partial charge in [-0.25, -0.2) is 0 Å². The lowest BCUT2D eigenvalue weighted by Gasteiger charge is -2.17. The molecular formula is C17H17NO3. The van der Waals surface area contributed by atoms with Crippen molar-refractivity contribution in [1.82, 2.24) is 5.32 Å². The topological polar surface area (TPSA) is 47.6 Å². The first-order valence-corrected chi connectivity index (χ1v) is 6.93. The van der Waals surface area contributed by atoms with Gasteiger partial charge in [-0.1, -0.05) is 36.4 Å². The predicted octanol–water partition coefficient (Wildman–Crippen LogP) is 2.68. The zero-order valence-electron chi connectivity index (χ0n) is 11.8. The normalized spacial score (nSPS) is 13.8. The molecule has 0 unspecified atom stereocenters. The van der Waals surface area contributed by atoms with E-state index in [1.165, 1.54) is 0 Å². The number of amides is 1. The zero-order valence-corrected chi connectivity index (χ0v) is 11.8. The van der Waals surface area contributed by atoms with Gasteiger partial charge >= 0.3 is 0 Å². The van der Waals surface area contributed by atoms with Crippen LogP contribution in [-0.4, -0.2) is 19.7 Å². The van der Waals surface area contributed by atoms with Gasteiger partial charge in [0.1, 0.15) is 0 Å². The number of nitrogens with one attached hydrogen (secondary N) is 1. The van der Waals surface area contributed by atoms with Gasteiger partial charge in [0, 0.05) is 19.4 Å². The Morgan fingerprint density at radius 1 is 1.10 bits per heavy atom. The minimum Gasteiger partial charge on any atom is -0.454 e. The van der Waals surface area contributed by atoms with Crippen molar-refractivity contribution < 1.29 is 14.3 Å². The number of carbonyl (C=O) groups is 1. The number of hydrogen-bond acceptors (Lipinski definition) is 3. The van der Waals surface area contributed by atoms with Gasteiger partial charge in [-0.3, -0.25) is 4.79 Å². The highest BCUT2D eigenvalue weighted by Gasteiger charge is 2.21. The number of carbonyl (C=O) groups excluding carboxylic acids is 1. The van der Waals surface area contributed by atoms with Crippen LogP contribution in [0.1, 0.15) is 23.5 Å².